The molecule has 0 spiro atoms. The molecule has 7 nitrogen and oxygen atoms in total. The zero-order valence-corrected chi connectivity index (χ0v) is 20.1. The highest BCUT2D eigenvalue weighted by Crippen LogP contribution is 2.35. The minimum Gasteiger partial charge on any atom is -0.238 e. The molecule has 0 bridgehead atoms. The van der Waals surface area contributed by atoms with Crippen molar-refractivity contribution in [2.24, 2.45) is 0 Å². The van der Waals surface area contributed by atoms with Gasteiger partial charge < -0.3 is 0 Å². The van der Waals surface area contributed by atoms with Crippen molar-refractivity contribution in [3.05, 3.63) is 103 Å². The van der Waals surface area contributed by atoms with E-state index in [1.54, 1.807) is 0 Å². The number of para-hydroxylation sites is 1. The molecule has 0 saturated carbocycles. The third-order valence-electron chi connectivity index (χ3n) is 6.03. The maximum Gasteiger partial charge on any atom is 0.213 e. The fraction of sp³-hybridized carbons (Fsp3) is 0.0357. The van der Waals surface area contributed by atoms with Crippen LogP contribution < -0.4 is 0 Å². The first-order chi connectivity index (χ1) is 17.7. The van der Waals surface area contributed by atoms with Gasteiger partial charge in [-0.05, 0) is 19.1 Å². The summed E-state index contributed by atoms with van der Waals surface area (Å²) in [6.07, 6.45) is 1.96. The van der Waals surface area contributed by atoms with Crippen molar-refractivity contribution in [1.29, 1.82) is 0 Å². The van der Waals surface area contributed by atoms with E-state index in [2.05, 4.69) is 0 Å². The van der Waals surface area contributed by atoms with Gasteiger partial charge >= 0.3 is 0 Å². The Kier molecular flexibility index (Phi) is 4.71. The molecule has 4 aromatic heterocycles. The Labute approximate surface area is 210 Å². The summed E-state index contributed by atoms with van der Waals surface area (Å²) in [4.78, 5) is 15.8. The van der Waals surface area contributed by atoms with Crippen LogP contribution in [0.15, 0.2) is 97.2 Å². The molecule has 0 atom stereocenters. The lowest BCUT2D eigenvalue weighted by molar-refractivity contribution is 0.878. The summed E-state index contributed by atoms with van der Waals surface area (Å²) >= 11 is 1.50. The van der Waals surface area contributed by atoms with Crippen LogP contribution in [-0.4, -0.2) is 34.3 Å². The number of aromatic nitrogens is 7. The van der Waals surface area contributed by atoms with Crippen molar-refractivity contribution in [3.8, 4) is 38.9 Å². The average Bonchev–Trinajstić information content (AvgIpc) is 3.61. The Morgan fingerprint density at radius 3 is 2.03 bits per heavy atom. The lowest BCUT2D eigenvalue weighted by Crippen LogP contribution is -2.00. The number of hydrogen-bond donors (Lipinski definition) is 0. The molecule has 0 N–H and O–H groups in total. The lowest BCUT2D eigenvalue weighted by atomic mass is 10.1. The topological polar surface area (TPSA) is 73.8 Å². The molecule has 0 aliphatic heterocycles. The molecule has 0 amide bonds. The van der Waals surface area contributed by atoms with Gasteiger partial charge in [-0.2, -0.15) is 10.2 Å². The van der Waals surface area contributed by atoms with Crippen molar-refractivity contribution in [2.75, 3.05) is 0 Å². The van der Waals surface area contributed by atoms with Crippen LogP contribution in [0.2, 0.25) is 0 Å². The van der Waals surface area contributed by atoms with Gasteiger partial charge in [-0.15, -0.1) is 0 Å². The summed E-state index contributed by atoms with van der Waals surface area (Å²) in [7, 11) is 0. The van der Waals surface area contributed by atoms with E-state index in [1.165, 1.54) is 11.3 Å². The number of benzene rings is 3. The Bertz CT molecular complexity index is 1800. The van der Waals surface area contributed by atoms with Gasteiger partial charge in [0.15, 0.2) is 10.7 Å². The predicted octanol–water partition coefficient (Wildman–Crippen LogP) is 6.23. The number of aryl methyl sites for hydroxylation is 1. The number of imidazole rings is 1. The van der Waals surface area contributed by atoms with Crippen LogP contribution in [0.5, 0.6) is 0 Å². The minimum atomic E-state index is 0.717. The molecule has 0 aliphatic rings. The van der Waals surface area contributed by atoms with E-state index < -0.39 is 0 Å². The van der Waals surface area contributed by atoms with Crippen molar-refractivity contribution in [3.63, 3.8) is 0 Å². The molecule has 0 fully saturated rings. The minimum absolute atomic E-state index is 0.717. The second kappa shape index (κ2) is 8.21. The van der Waals surface area contributed by atoms with Gasteiger partial charge in [0, 0.05) is 11.1 Å². The van der Waals surface area contributed by atoms with Crippen LogP contribution in [0.1, 0.15) is 5.69 Å². The summed E-state index contributed by atoms with van der Waals surface area (Å²) < 4.78 is 3.68. The summed E-state index contributed by atoms with van der Waals surface area (Å²) in [6, 6.07) is 30.2. The second-order valence-electron chi connectivity index (χ2n) is 8.42. The van der Waals surface area contributed by atoms with Gasteiger partial charge in [0.2, 0.25) is 4.96 Å². The van der Waals surface area contributed by atoms with Gasteiger partial charge in [0.05, 0.1) is 23.3 Å². The summed E-state index contributed by atoms with van der Waals surface area (Å²) in [5.41, 5.74) is 7.64. The third kappa shape index (κ3) is 3.38. The molecule has 8 heteroatoms. The van der Waals surface area contributed by atoms with E-state index in [-0.39, 0.29) is 0 Å². The molecule has 0 aliphatic carbocycles. The molecule has 0 radical (unpaired) electrons. The molecule has 36 heavy (non-hydrogen) atoms. The normalized spacial score (nSPS) is 11.5. The Balaban J connectivity index is 1.43. The van der Waals surface area contributed by atoms with E-state index in [4.69, 9.17) is 25.1 Å². The molecule has 7 aromatic rings. The van der Waals surface area contributed by atoms with Crippen LogP contribution in [-0.2, 0) is 0 Å². The largest absolute Gasteiger partial charge is 0.238 e. The van der Waals surface area contributed by atoms with E-state index in [0.717, 1.165) is 55.1 Å². The van der Waals surface area contributed by atoms with Crippen LogP contribution in [0.3, 0.4) is 0 Å². The summed E-state index contributed by atoms with van der Waals surface area (Å²) in [6.45, 7) is 1.96. The van der Waals surface area contributed by atoms with E-state index in [1.807, 2.05) is 113 Å². The zero-order valence-electron chi connectivity index (χ0n) is 19.3. The van der Waals surface area contributed by atoms with Gasteiger partial charge in [0.1, 0.15) is 16.9 Å². The average molecular weight is 486 g/mol. The lowest BCUT2D eigenvalue weighted by Gasteiger charge is -2.08. The first-order valence-corrected chi connectivity index (χ1v) is 12.4. The Hall–Kier alpha value is -4.69. The molecule has 3 aromatic carbocycles. The monoisotopic (exact) mass is 485 g/mol. The Morgan fingerprint density at radius 1 is 0.667 bits per heavy atom. The standard InChI is InChI=1S/C28H19N7S/c1-18-23-26(35(32-18)21-15-9-4-10-16-21)31-24(20-13-7-3-8-14-20)25(30-23)27-33-34-17-22(29-28(34)36-27)19-11-5-2-6-12-19/h2-17H,1H3. The quantitative estimate of drug-likeness (QED) is 0.295. The van der Waals surface area contributed by atoms with Gasteiger partial charge in [-0.3, -0.25) is 0 Å². The van der Waals surface area contributed by atoms with E-state index >= 15 is 0 Å². The number of fused-ring (bicyclic) bond motifs is 2. The molecule has 7 rings (SSSR count). The van der Waals surface area contributed by atoms with Gasteiger partial charge in [-0.1, -0.05) is 90.2 Å². The van der Waals surface area contributed by atoms with Crippen LogP contribution >= 0.6 is 11.3 Å². The first kappa shape index (κ1) is 20.7. The van der Waals surface area contributed by atoms with Crippen LogP contribution in [0.25, 0.3) is 55.0 Å². The SMILES string of the molecule is Cc1nn(-c2ccccc2)c2nc(-c3ccccc3)c(-c3nn4cc(-c5ccccc5)nc4s3)nc12. The highest BCUT2D eigenvalue weighted by Gasteiger charge is 2.22. The van der Waals surface area contributed by atoms with Crippen molar-refractivity contribution in [2.45, 2.75) is 6.92 Å². The highest BCUT2D eigenvalue weighted by atomic mass is 32.1. The summed E-state index contributed by atoms with van der Waals surface area (Å²) in [5, 5.41) is 10.4. The van der Waals surface area contributed by atoms with Gasteiger partial charge in [0.25, 0.3) is 0 Å². The molecular formula is C28H19N7S. The molecule has 0 saturated heterocycles. The predicted molar refractivity (Wildman–Crippen MR) is 142 cm³/mol. The fourth-order valence-corrected chi connectivity index (χ4v) is 5.17. The van der Waals surface area contributed by atoms with Crippen molar-refractivity contribution in [1.82, 2.24) is 34.3 Å². The van der Waals surface area contributed by atoms with Crippen LogP contribution in [0, 0.1) is 6.92 Å². The molecular weight excluding hydrogens is 466 g/mol. The second-order valence-corrected chi connectivity index (χ2v) is 9.37. The van der Waals surface area contributed by atoms with Gasteiger partial charge in [-0.25, -0.2) is 24.1 Å². The van der Waals surface area contributed by atoms with E-state index in [9.17, 15) is 0 Å². The summed E-state index contributed by atoms with van der Waals surface area (Å²) in [5.74, 6) is 0. The maximum absolute atomic E-state index is 5.11. The molecule has 172 valence electrons. The Morgan fingerprint density at radius 2 is 1.33 bits per heavy atom. The molecule has 4 heterocycles. The van der Waals surface area contributed by atoms with E-state index in [0.29, 0.717) is 5.65 Å². The third-order valence-corrected chi connectivity index (χ3v) is 6.96. The smallest absolute Gasteiger partial charge is 0.213 e. The highest BCUT2D eigenvalue weighted by molar-refractivity contribution is 7.19. The van der Waals surface area contributed by atoms with Crippen molar-refractivity contribution < 1.29 is 0 Å². The number of hydrogen-bond acceptors (Lipinski definition) is 6. The molecule has 0 unspecified atom stereocenters. The first-order valence-electron chi connectivity index (χ1n) is 11.5. The zero-order chi connectivity index (χ0) is 24.1. The van der Waals surface area contributed by atoms with Crippen molar-refractivity contribution >= 4 is 27.5 Å². The fourth-order valence-electron chi connectivity index (χ4n) is 4.30. The number of rotatable bonds is 4. The van der Waals surface area contributed by atoms with Crippen LogP contribution in [0.4, 0.5) is 0 Å². The maximum atomic E-state index is 5.11. The number of nitrogens with zero attached hydrogens (tertiary/aromatic N) is 7.